The number of hydrogen-bond acceptors (Lipinski definition) is 3. The first-order valence-electron chi connectivity index (χ1n) is 4.01. The molecule has 4 nitrogen and oxygen atoms in total. The Kier molecular flexibility index (Phi) is 2.60. The van der Waals surface area contributed by atoms with Gasteiger partial charge < -0.3 is 5.11 Å². The molecule has 0 spiro atoms. The highest BCUT2D eigenvalue weighted by atomic mass is 16.4. The topological polar surface area (TPSA) is 63.1 Å². The van der Waals surface area contributed by atoms with Gasteiger partial charge in [0.05, 0.1) is 12.1 Å². The van der Waals surface area contributed by atoms with Crippen molar-refractivity contribution >= 4 is 5.97 Å². The number of carboxylic acid groups (broad SMARTS) is 1. The van der Waals surface area contributed by atoms with E-state index < -0.39 is 11.4 Å². The van der Waals surface area contributed by atoms with Crippen molar-refractivity contribution in [1.82, 2.24) is 9.97 Å². The van der Waals surface area contributed by atoms with Crippen LogP contribution < -0.4 is 0 Å². The third kappa shape index (κ3) is 2.50. The van der Waals surface area contributed by atoms with Crippen LogP contribution in [0.15, 0.2) is 18.6 Å². The minimum Gasteiger partial charge on any atom is -0.481 e. The predicted molar refractivity (Wildman–Crippen MR) is 47.3 cm³/mol. The van der Waals surface area contributed by atoms with E-state index in [0.717, 1.165) is 0 Å². The van der Waals surface area contributed by atoms with Gasteiger partial charge in [-0.1, -0.05) is 13.8 Å². The summed E-state index contributed by atoms with van der Waals surface area (Å²) in [6, 6.07) is 0. The van der Waals surface area contributed by atoms with Crippen molar-refractivity contribution in [3.8, 4) is 0 Å². The second-order valence-electron chi connectivity index (χ2n) is 3.55. The quantitative estimate of drug-likeness (QED) is 0.759. The van der Waals surface area contributed by atoms with Crippen molar-refractivity contribution < 1.29 is 9.90 Å². The standard InChI is InChI=1S/C9H12N2O2/c1-9(2,5-8(12)13)7-6-10-3-4-11-7/h3-4,6H,5H2,1-2H3,(H,12,13). The first kappa shape index (κ1) is 9.64. The molecule has 0 atom stereocenters. The second kappa shape index (κ2) is 3.51. The molecule has 4 heteroatoms. The van der Waals surface area contributed by atoms with Crippen molar-refractivity contribution in [2.75, 3.05) is 0 Å². The molecule has 1 aromatic heterocycles. The fourth-order valence-corrected chi connectivity index (χ4v) is 1.12. The van der Waals surface area contributed by atoms with Crippen LogP contribution in [0.3, 0.4) is 0 Å². The van der Waals surface area contributed by atoms with Gasteiger partial charge in [0.1, 0.15) is 0 Å². The maximum absolute atomic E-state index is 10.5. The minimum absolute atomic E-state index is 0.0612. The van der Waals surface area contributed by atoms with Crippen LogP contribution in [0.1, 0.15) is 26.0 Å². The lowest BCUT2D eigenvalue weighted by atomic mass is 9.86. The van der Waals surface area contributed by atoms with Gasteiger partial charge in [-0.2, -0.15) is 0 Å². The van der Waals surface area contributed by atoms with E-state index in [9.17, 15) is 4.79 Å². The van der Waals surface area contributed by atoms with Crippen molar-refractivity contribution in [1.29, 1.82) is 0 Å². The van der Waals surface area contributed by atoms with Crippen molar-refractivity contribution in [3.05, 3.63) is 24.3 Å². The molecule has 0 amide bonds. The molecule has 0 aliphatic carbocycles. The molecule has 13 heavy (non-hydrogen) atoms. The summed E-state index contributed by atoms with van der Waals surface area (Å²) in [5.41, 5.74) is 0.248. The van der Waals surface area contributed by atoms with Gasteiger partial charge in [-0.3, -0.25) is 14.8 Å². The molecule has 0 saturated carbocycles. The maximum Gasteiger partial charge on any atom is 0.304 e. The molecule has 1 aromatic rings. The zero-order valence-corrected chi connectivity index (χ0v) is 7.69. The fourth-order valence-electron chi connectivity index (χ4n) is 1.12. The van der Waals surface area contributed by atoms with Crippen molar-refractivity contribution in [2.24, 2.45) is 0 Å². The van der Waals surface area contributed by atoms with Crippen LogP contribution in [-0.2, 0) is 10.2 Å². The molecule has 0 saturated heterocycles. The van der Waals surface area contributed by atoms with Crippen LogP contribution >= 0.6 is 0 Å². The molecule has 1 N–H and O–H groups in total. The molecule has 0 radical (unpaired) electrons. The first-order chi connectivity index (χ1) is 6.02. The Morgan fingerprint density at radius 2 is 2.23 bits per heavy atom. The van der Waals surface area contributed by atoms with E-state index in [2.05, 4.69) is 9.97 Å². The molecule has 0 aliphatic heterocycles. The predicted octanol–water partition coefficient (Wildman–Crippen LogP) is 1.23. The Morgan fingerprint density at radius 3 is 2.69 bits per heavy atom. The largest absolute Gasteiger partial charge is 0.481 e. The van der Waals surface area contributed by atoms with Gasteiger partial charge in [-0.15, -0.1) is 0 Å². The zero-order valence-electron chi connectivity index (χ0n) is 7.69. The van der Waals surface area contributed by atoms with Crippen molar-refractivity contribution in [3.63, 3.8) is 0 Å². The Bertz CT molecular complexity index is 296. The number of rotatable bonds is 3. The van der Waals surface area contributed by atoms with E-state index in [-0.39, 0.29) is 6.42 Å². The molecular formula is C9H12N2O2. The molecule has 70 valence electrons. The van der Waals surface area contributed by atoms with E-state index in [1.54, 1.807) is 18.6 Å². The van der Waals surface area contributed by atoms with Crippen LogP contribution in [0.2, 0.25) is 0 Å². The molecule has 0 fully saturated rings. The summed E-state index contributed by atoms with van der Waals surface area (Å²) in [6.07, 6.45) is 4.80. The normalized spacial score (nSPS) is 11.2. The van der Waals surface area contributed by atoms with Gasteiger partial charge in [0, 0.05) is 24.0 Å². The minimum atomic E-state index is -0.823. The van der Waals surface area contributed by atoms with E-state index in [0.29, 0.717) is 5.69 Å². The summed E-state index contributed by atoms with van der Waals surface area (Å²) in [7, 11) is 0. The Labute approximate surface area is 76.7 Å². The summed E-state index contributed by atoms with van der Waals surface area (Å²) in [4.78, 5) is 18.5. The van der Waals surface area contributed by atoms with Crippen LogP contribution in [-0.4, -0.2) is 21.0 Å². The number of aliphatic carboxylic acids is 1. The van der Waals surface area contributed by atoms with Gasteiger partial charge >= 0.3 is 5.97 Å². The van der Waals surface area contributed by atoms with Gasteiger partial charge in [0.25, 0.3) is 0 Å². The first-order valence-corrected chi connectivity index (χ1v) is 4.01. The third-order valence-electron chi connectivity index (χ3n) is 1.85. The SMILES string of the molecule is CC(C)(CC(=O)O)c1cnccn1. The summed E-state index contributed by atoms with van der Waals surface area (Å²) in [5, 5.41) is 8.66. The highest BCUT2D eigenvalue weighted by Gasteiger charge is 2.25. The average Bonchev–Trinajstić information content (AvgIpc) is 2.04. The van der Waals surface area contributed by atoms with Crippen molar-refractivity contribution in [2.45, 2.75) is 25.7 Å². The smallest absolute Gasteiger partial charge is 0.304 e. The zero-order chi connectivity index (χ0) is 9.90. The van der Waals surface area contributed by atoms with Crippen LogP contribution in [0.4, 0.5) is 0 Å². The van der Waals surface area contributed by atoms with Gasteiger partial charge in [-0.05, 0) is 0 Å². The molecule has 1 rings (SSSR count). The van der Waals surface area contributed by atoms with E-state index in [4.69, 9.17) is 5.11 Å². The lowest BCUT2D eigenvalue weighted by Crippen LogP contribution is -2.23. The fraction of sp³-hybridized carbons (Fsp3) is 0.444. The molecule has 0 unspecified atom stereocenters. The monoisotopic (exact) mass is 180 g/mol. The highest BCUT2D eigenvalue weighted by molar-refractivity contribution is 5.68. The summed E-state index contributed by atoms with van der Waals surface area (Å²) in [6.45, 7) is 3.68. The molecule has 1 heterocycles. The van der Waals surface area contributed by atoms with E-state index in [1.165, 1.54) is 0 Å². The van der Waals surface area contributed by atoms with Crippen LogP contribution in [0.25, 0.3) is 0 Å². The maximum atomic E-state index is 10.5. The number of carbonyl (C=O) groups is 1. The van der Waals surface area contributed by atoms with Crippen LogP contribution in [0.5, 0.6) is 0 Å². The number of hydrogen-bond donors (Lipinski definition) is 1. The second-order valence-corrected chi connectivity index (χ2v) is 3.55. The van der Waals surface area contributed by atoms with E-state index >= 15 is 0 Å². The molecule has 0 aliphatic rings. The van der Waals surface area contributed by atoms with Gasteiger partial charge in [-0.25, -0.2) is 0 Å². The summed E-state index contributed by atoms with van der Waals surface area (Å²) >= 11 is 0. The molecular weight excluding hydrogens is 168 g/mol. The Morgan fingerprint density at radius 1 is 1.54 bits per heavy atom. The Balaban J connectivity index is 2.87. The van der Waals surface area contributed by atoms with Gasteiger partial charge in [0.2, 0.25) is 0 Å². The average molecular weight is 180 g/mol. The number of nitrogens with zero attached hydrogens (tertiary/aromatic N) is 2. The van der Waals surface area contributed by atoms with Gasteiger partial charge in [0.15, 0.2) is 0 Å². The highest BCUT2D eigenvalue weighted by Crippen LogP contribution is 2.23. The number of aromatic nitrogens is 2. The summed E-state index contributed by atoms with van der Waals surface area (Å²) in [5.74, 6) is -0.823. The lowest BCUT2D eigenvalue weighted by Gasteiger charge is -2.20. The number of carboxylic acids is 1. The van der Waals surface area contributed by atoms with E-state index in [1.807, 2.05) is 13.8 Å². The third-order valence-corrected chi connectivity index (χ3v) is 1.85. The lowest BCUT2D eigenvalue weighted by molar-refractivity contribution is -0.138. The molecule has 0 bridgehead atoms. The Hall–Kier alpha value is -1.45. The molecule has 0 aromatic carbocycles. The van der Waals surface area contributed by atoms with Crippen LogP contribution in [0, 0.1) is 0 Å². The summed E-state index contributed by atoms with van der Waals surface area (Å²) < 4.78 is 0.